The Bertz CT molecular complexity index is 1550. The number of aryl methyl sites for hydroxylation is 2. The zero-order valence-electron chi connectivity index (χ0n) is 29.0. The van der Waals surface area contributed by atoms with Gasteiger partial charge in [0.05, 0.1) is 0 Å². The van der Waals surface area contributed by atoms with Crippen molar-refractivity contribution in [3.05, 3.63) is 142 Å². The van der Waals surface area contributed by atoms with Crippen LogP contribution in [0, 0.1) is 55.3 Å². The van der Waals surface area contributed by atoms with Crippen LogP contribution in [0.5, 0.6) is 0 Å². The molecular weight excluding hydrogens is 553 g/mol. The van der Waals surface area contributed by atoms with Gasteiger partial charge >= 0.3 is 0 Å². The van der Waals surface area contributed by atoms with Crippen LogP contribution >= 0.6 is 0 Å². The smallest absolute Gasteiger partial charge is 0.0249 e. The van der Waals surface area contributed by atoms with E-state index < -0.39 is 0 Å². The number of benzene rings is 3. The van der Waals surface area contributed by atoms with Crippen molar-refractivity contribution in [3.63, 3.8) is 0 Å². The van der Waals surface area contributed by atoms with Gasteiger partial charge in [-0.25, -0.2) is 0 Å². The summed E-state index contributed by atoms with van der Waals surface area (Å²) in [5.74, 6) is 16.2. The molecule has 0 unspecified atom stereocenters. The predicted octanol–water partition coefficient (Wildman–Crippen LogP) is 12.3. The van der Waals surface area contributed by atoms with E-state index in [1.54, 1.807) is 0 Å². The summed E-state index contributed by atoms with van der Waals surface area (Å²) in [6.07, 6.45) is 18.7. The molecule has 0 saturated heterocycles. The number of hydrogen-bond acceptors (Lipinski definition) is 0. The van der Waals surface area contributed by atoms with E-state index in [4.69, 9.17) is 0 Å². The van der Waals surface area contributed by atoms with Crippen molar-refractivity contribution in [2.45, 2.75) is 98.3 Å². The Morgan fingerprint density at radius 1 is 0.674 bits per heavy atom. The number of rotatable bonds is 5. The maximum absolute atomic E-state index is 4.06. The summed E-state index contributed by atoms with van der Waals surface area (Å²) in [6, 6.07) is 25.6. The lowest BCUT2D eigenvalue weighted by Crippen LogP contribution is -2.13. The molecule has 0 heteroatoms. The molecule has 3 aromatic rings. The normalized spacial score (nSPS) is 21.2. The van der Waals surface area contributed by atoms with Gasteiger partial charge in [-0.2, -0.15) is 0 Å². The summed E-state index contributed by atoms with van der Waals surface area (Å²) in [7, 11) is 0. The molecule has 0 N–H and O–H groups in total. The lowest BCUT2D eigenvalue weighted by Gasteiger charge is -2.28. The predicted molar refractivity (Wildman–Crippen MR) is 200 cm³/mol. The minimum absolute atomic E-state index is 0.713. The molecule has 0 amide bonds. The van der Waals surface area contributed by atoms with Crippen molar-refractivity contribution in [2.75, 3.05) is 0 Å². The Hall–Kier alpha value is -4.00. The first kappa shape index (κ1) is 34.9. The molecule has 0 bridgehead atoms. The fourth-order valence-corrected chi connectivity index (χ4v) is 6.61. The van der Waals surface area contributed by atoms with E-state index in [0.29, 0.717) is 5.92 Å². The molecule has 2 aliphatic carbocycles. The van der Waals surface area contributed by atoms with Gasteiger partial charge in [0.2, 0.25) is 0 Å². The quantitative estimate of drug-likeness (QED) is 0.200. The van der Waals surface area contributed by atoms with Gasteiger partial charge in [-0.1, -0.05) is 123 Å². The highest BCUT2D eigenvalue weighted by Crippen LogP contribution is 2.37. The molecule has 0 radical (unpaired) electrons. The minimum atomic E-state index is 0.713. The summed E-state index contributed by atoms with van der Waals surface area (Å²) in [5.41, 5.74) is 9.57. The van der Waals surface area contributed by atoms with E-state index in [-0.39, 0.29) is 0 Å². The molecule has 0 heterocycles. The Morgan fingerprint density at radius 3 is 1.67 bits per heavy atom. The SMILES string of the molecule is C=C(C#Cc1ccc(C)cc1)/C=C\C(=C/C)C1CCC(C)CC1.CCC1CCC(c2ccc(C#Cc3ccc(C)cc3)cc2)CC1. The van der Waals surface area contributed by atoms with Gasteiger partial charge < -0.3 is 0 Å². The molecule has 2 aliphatic rings. The van der Waals surface area contributed by atoms with Crippen LogP contribution in [0.3, 0.4) is 0 Å². The van der Waals surface area contributed by atoms with Crippen LogP contribution in [0.4, 0.5) is 0 Å². The first-order chi connectivity index (χ1) is 22.3. The van der Waals surface area contributed by atoms with Crippen LogP contribution in [0.15, 0.2) is 109 Å². The van der Waals surface area contributed by atoms with E-state index >= 15 is 0 Å². The minimum Gasteiger partial charge on any atom is -0.0842 e. The van der Waals surface area contributed by atoms with E-state index in [2.05, 4.69) is 156 Å². The lowest BCUT2D eigenvalue weighted by atomic mass is 9.78. The van der Waals surface area contributed by atoms with Crippen molar-refractivity contribution in [1.82, 2.24) is 0 Å². The number of allylic oxidation sites excluding steroid dienone is 5. The van der Waals surface area contributed by atoms with Crippen molar-refractivity contribution < 1.29 is 0 Å². The Balaban J connectivity index is 0.000000209. The largest absolute Gasteiger partial charge is 0.0842 e. The Labute approximate surface area is 281 Å². The van der Waals surface area contributed by atoms with Crippen LogP contribution in [-0.4, -0.2) is 0 Å². The lowest BCUT2D eigenvalue weighted by molar-refractivity contribution is 0.319. The molecule has 5 rings (SSSR count). The third kappa shape index (κ3) is 11.4. The molecule has 2 saturated carbocycles. The van der Waals surface area contributed by atoms with E-state index in [1.165, 1.54) is 80.1 Å². The van der Waals surface area contributed by atoms with Gasteiger partial charge in [-0.15, -0.1) is 0 Å². The van der Waals surface area contributed by atoms with Gasteiger partial charge in [0.15, 0.2) is 0 Å². The molecule has 238 valence electrons. The molecule has 0 spiro atoms. The Kier molecular flexibility index (Phi) is 13.8. The zero-order chi connectivity index (χ0) is 32.7. The second-order valence-corrected chi connectivity index (χ2v) is 13.6. The summed E-state index contributed by atoms with van der Waals surface area (Å²) >= 11 is 0. The van der Waals surface area contributed by atoms with Crippen LogP contribution in [0.1, 0.15) is 118 Å². The molecule has 3 aromatic carbocycles. The summed E-state index contributed by atoms with van der Waals surface area (Å²) < 4.78 is 0. The average molecular weight is 607 g/mol. The molecular formula is C46H54. The fraction of sp³-hybridized carbons (Fsp3) is 0.391. The van der Waals surface area contributed by atoms with Gasteiger partial charge in [-0.3, -0.25) is 0 Å². The second-order valence-electron chi connectivity index (χ2n) is 13.6. The van der Waals surface area contributed by atoms with E-state index in [1.807, 2.05) is 0 Å². The van der Waals surface area contributed by atoms with Crippen LogP contribution < -0.4 is 0 Å². The van der Waals surface area contributed by atoms with Gasteiger partial charge in [0.25, 0.3) is 0 Å². The molecule has 46 heavy (non-hydrogen) atoms. The average Bonchev–Trinajstić information content (AvgIpc) is 3.09. The molecule has 0 nitrogen and oxygen atoms in total. The standard InChI is InChI=1S/C23H26.C23H28/c1-3-19-10-14-22(15-11-19)23-16-12-21(13-17-23)9-8-20-6-4-18(2)5-7-20;1-5-22(23-16-10-20(4)11-17-23)15-9-19(3)8-14-21-12-6-18(2)7-13-21/h4-7,12-13,16-17,19,22H,3,10-11,14-15H2,1-2H3;5-7,9,12-13,15,20,23H,3,10-11,16-17H2,1-2,4H3/b;15-9-,22-5+. The van der Waals surface area contributed by atoms with Crippen LogP contribution in [0.25, 0.3) is 0 Å². The van der Waals surface area contributed by atoms with Crippen molar-refractivity contribution in [1.29, 1.82) is 0 Å². The Morgan fingerprint density at radius 2 is 1.17 bits per heavy atom. The zero-order valence-corrected chi connectivity index (χ0v) is 29.0. The van der Waals surface area contributed by atoms with Gasteiger partial charge in [-0.05, 0) is 137 Å². The van der Waals surface area contributed by atoms with Gasteiger partial charge in [0, 0.05) is 22.3 Å². The second kappa shape index (κ2) is 18.2. The summed E-state index contributed by atoms with van der Waals surface area (Å²) in [6.45, 7) is 15.1. The maximum atomic E-state index is 4.06. The van der Waals surface area contributed by atoms with Crippen LogP contribution in [0.2, 0.25) is 0 Å². The highest BCUT2D eigenvalue weighted by Gasteiger charge is 2.21. The highest BCUT2D eigenvalue weighted by molar-refractivity contribution is 5.46. The van der Waals surface area contributed by atoms with E-state index in [9.17, 15) is 0 Å². The molecule has 0 aromatic heterocycles. The molecule has 0 atom stereocenters. The summed E-state index contributed by atoms with van der Waals surface area (Å²) in [4.78, 5) is 0. The molecule has 0 aliphatic heterocycles. The van der Waals surface area contributed by atoms with Crippen LogP contribution in [-0.2, 0) is 0 Å². The van der Waals surface area contributed by atoms with Gasteiger partial charge in [0.1, 0.15) is 0 Å². The van der Waals surface area contributed by atoms with Crippen molar-refractivity contribution >= 4 is 0 Å². The summed E-state index contributed by atoms with van der Waals surface area (Å²) in [5, 5.41) is 0. The third-order valence-electron chi connectivity index (χ3n) is 9.93. The van der Waals surface area contributed by atoms with Crippen molar-refractivity contribution in [2.24, 2.45) is 17.8 Å². The topological polar surface area (TPSA) is 0 Å². The monoisotopic (exact) mass is 606 g/mol. The van der Waals surface area contributed by atoms with E-state index in [0.717, 1.165) is 40.0 Å². The highest BCUT2D eigenvalue weighted by atomic mass is 14.3. The van der Waals surface area contributed by atoms with Crippen molar-refractivity contribution in [3.8, 4) is 23.7 Å². The maximum Gasteiger partial charge on any atom is 0.0249 e. The molecule has 2 fully saturated rings. The fourth-order valence-electron chi connectivity index (χ4n) is 6.61. The first-order valence-corrected chi connectivity index (χ1v) is 17.6. The number of hydrogen-bond donors (Lipinski definition) is 0. The first-order valence-electron chi connectivity index (χ1n) is 17.6. The third-order valence-corrected chi connectivity index (χ3v) is 9.93.